The van der Waals surface area contributed by atoms with Crippen molar-refractivity contribution >= 4 is 22.4 Å². The van der Waals surface area contributed by atoms with Crippen molar-refractivity contribution in [1.82, 2.24) is 5.32 Å². The molecule has 9 heteroatoms. The fourth-order valence-corrected chi connectivity index (χ4v) is 1.33. The van der Waals surface area contributed by atoms with E-state index < -0.39 is 34.4 Å². The van der Waals surface area contributed by atoms with Crippen LogP contribution in [0, 0.1) is 0 Å². The van der Waals surface area contributed by atoms with E-state index in [-0.39, 0.29) is 5.69 Å². The fourth-order valence-electron chi connectivity index (χ4n) is 1.05. The van der Waals surface area contributed by atoms with Gasteiger partial charge in [-0.05, 0) is 24.3 Å². The molecule has 0 spiro atoms. The number of benzene rings is 1. The summed E-state index contributed by atoms with van der Waals surface area (Å²) in [7, 11) is -2.75. The summed E-state index contributed by atoms with van der Waals surface area (Å²) in [5.74, 6) is -0.540. The molecule has 0 fully saturated rings. The summed E-state index contributed by atoms with van der Waals surface area (Å²) in [4.78, 5) is 11.1. The molecule has 100 valence electrons. The predicted molar refractivity (Wildman–Crippen MR) is 58.8 cm³/mol. The number of carbonyl (C=O) groups excluding carboxylic acids is 1. The Hall–Kier alpha value is -1.77. The van der Waals surface area contributed by atoms with Crippen LogP contribution in [0.4, 0.5) is 23.7 Å². The van der Waals surface area contributed by atoms with Crippen molar-refractivity contribution in [1.29, 1.82) is 0 Å². The van der Waals surface area contributed by atoms with Crippen LogP contribution in [0.25, 0.3) is 0 Å². The Morgan fingerprint density at radius 2 is 1.72 bits per heavy atom. The lowest BCUT2D eigenvalue weighted by Crippen LogP contribution is -2.30. The standard InChI is InChI=1S/C9H9F3N2O3S/c10-9(11,12)6-1-3-7(4-2-6)14-8(15)13-5-18(16)17/h1-4,18H,5H2,(H2,13,14,15). The number of hydrogen-bond donors (Lipinski definition) is 3. The third-order valence-corrected chi connectivity index (χ3v) is 2.26. The molecule has 5 nitrogen and oxygen atoms in total. The minimum Gasteiger partial charge on any atom is -0.324 e. The number of rotatable bonds is 3. The Bertz CT molecular complexity index is 489. The van der Waals surface area contributed by atoms with Crippen molar-refractivity contribution in [3.63, 3.8) is 0 Å². The highest BCUT2D eigenvalue weighted by Crippen LogP contribution is 2.29. The largest absolute Gasteiger partial charge is 0.416 e. The quantitative estimate of drug-likeness (QED) is 0.733. The topological polar surface area (TPSA) is 75.3 Å². The van der Waals surface area contributed by atoms with E-state index in [1.807, 2.05) is 5.32 Å². The molecular formula is C9H9F3N2O3S. The van der Waals surface area contributed by atoms with Gasteiger partial charge in [0.15, 0.2) is 10.7 Å². The SMILES string of the molecule is O=C(NC[SH](=O)=O)Nc1ccc(C(F)(F)F)cc1. The van der Waals surface area contributed by atoms with Crippen LogP contribution in [0.15, 0.2) is 24.3 Å². The summed E-state index contributed by atoms with van der Waals surface area (Å²) in [6, 6.07) is 2.95. The van der Waals surface area contributed by atoms with E-state index in [9.17, 15) is 26.4 Å². The molecule has 0 heterocycles. The second-order valence-electron chi connectivity index (χ2n) is 3.20. The molecule has 0 aliphatic rings. The summed E-state index contributed by atoms with van der Waals surface area (Å²) in [5, 5.41) is 4.20. The van der Waals surface area contributed by atoms with E-state index in [0.29, 0.717) is 0 Å². The van der Waals surface area contributed by atoms with Crippen LogP contribution in [0.5, 0.6) is 0 Å². The fraction of sp³-hybridized carbons (Fsp3) is 0.222. The van der Waals surface area contributed by atoms with Crippen molar-refractivity contribution in [3.05, 3.63) is 29.8 Å². The van der Waals surface area contributed by atoms with E-state index in [1.165, 1.54) is 0 Å². The van der Waals surface area contributed by atoms with Crippen LogP contribution in [-0.2, 0) is 16.9 Å². The molecule has 0 aromatic heterocycles. The molecule has 0 aliphatic heterocycles. The summed E-state index contributed by atoms with van der Waals surface area (Å²) >= 11 is 0. The van der Waals surface area contributed by atoms with E-state index in [2.05, 4.69) is 5.32 Å². The van der Waals surface area contributed by atoms with E-state index >= 15 is 0 Å². The normalized spacial score (nSPS) is 11.3. The Kier molecular flexibility index (Phi) is 4.54. The first-order valence-electron chi connectivity index (χ1n) is 4.63. The van der Waals surface area contributed by atoms with Crippen molar-refractivity contribution in [3.8, 4) is 0 Å². The molecular weight excluding hydrogens is 273 g/mol. The van der Waals surface area contributed by atoms with Gasteiger partial charge in [0.25, 0.3) is 0 Å². The molecule has 0 aliphatic carbocycles. The predicted octanol–water partition coefficient (Wildman–Crippen LogP) is 1.40. The zero-order chi connectivity index (χ0) is 13.8. The second-order valence-corrected chi connectivity index (χ2v) is 4.18. The zero-order valence-corrected chi connectivity index (χ0v) is 9.72. The number of alkyl halides is 3. The molecule has 0 atom stereocenters. The molecule has 0 bridgehead atoms. The van der Waals surface area contributed by atoms with Gasteiger partial charge in [0.1, 0.15) is 5.88 Å². The first kappa shape index (κ1) is 14.3. The third kappa shape index (κ3) is 4.62. The van der Waals surface area contributed by atoms with Crippen LogP contribution in [0.2, 0.25) is 0 Å². The molecule has 2 N–H and O–H groups in total. The molecule has 2 amide bonds. The Morgan fingerprint density at radius 3 is 2.17 bits per heavy atom. The van der Waals surface area contributed by atoms with Gasteiger partial charge in [0, 0.05) is 5.69 Å². The Morgan fingerprint density at radius 1 is 1.17 bits per heavy atom. The van der Waals surface area contributed by atoms with Gasteiger partial charge in [-0.3, -0.25) is 0 Å². The number of nitrogens with one attached hydrogen (secondary N) is 2. The molecule has 18 heavy (non-hydrogen) atoms. The number of thiol groups is 1. The molecule has 0 saturated carbocycles. The highest BCUT2D eigenvalue weighted by molar-refractivity contribution is 7.72. The maximum atomic E-state index is 12.2. The van der Waals surface area contributed by atoms with Gasteiger partial charge < -0.3 is 10.6 Å². The van der Waals surface area contributed by atoms with Gasteiger partial charge in [0.05, 0.1) is 5.56 Å². The smallest absolute Gasteiger partial charge is 0.324 e. The van der Waals surface area contributed by atoms with Gasteiger partial charge in [0.2, 0.25) is 0 Å². The summed E-state index contributed by atoms with van der Waals surface area (Å²) in [6.07, 6.45) is -4.44. The van der Waals surface area contributed by atoms with Crippen LogP contribution >= 0.6 is 0 Å². The first-order chi connectivity index (χ1) is 8.29. The molecule has 0 radical (unpaired) electrons. The third-order valence-electron chi connectivity index (χ3n) is 1.84. The number of urea groups is 1. The van der Waals surface area contributed by atoms with Crippen LogP contribution in [-0.4, -0.2) is 20.3 Å². The maximum Gasteiger partial charge on any atom is 0.416 e. The number of carbonyl (C=O) groups is 1. The number of hydrogen-bond acceptors (Lipinski definition) is 3. The minimum atomic E-state index is -4.44. The molecule has 1 rings (SSSR count). The van der Waals surface area contributed by atoms with Gasteiger partial charge in [-0.1, -0.05) is 0 Å². The lowest BCUT2D eigenvalue weighted by atomic mass is 10.2. The number of amides is 2. The molecule has 0 unspecified atom stereocenters. The van der Waals surface area contributed by atoms with Crippen LogP contribution < -0.4 is 10.6 Å². The first-order valence-corrected chi connectivity index (χ1v) is 5.99. The van der Waals surface area contributed by atoms with Gasteiger partial charge in [-0.2, -0.15) is 13.2 Å². The van der Waals surface area contributed by atoms with E-state index in [0.717, 1.165) is 24.3 Å². The summed E-state index contributed by atoms with van der Waals surface area (Å²) in [5.41, 5.74) is -0.710. The zero-order valence-electron chi connectivity index (χ0n) is 8.82. The lowest BCUT2D eigenvalue weighted by molar-refractivity contribution is -0.137. The average molecular weight is 282 g/mol. The van der Waals surface area contributed by atoms with Crippen LogP contribution in [0.1, 0.15) is 5.56 Å². The highest BCUT2D eigenvalue weighted by Gasteiger charge is 2.29. The van der Waals surface area contributed by atoms with E-state index in [1.54, 1.807) is 0 Å². The van der Waals surface area contributed by atoms with Crippen molar-refractivity contribution in [2.45, 2.75) is 6.18 Å². The molecule has 0 saturated heterocycles. The summed E-state index contributed by atoms with van der Waals surface area (Å²) < 4.78 is 57.0. The van der Waals surface area contributed by atoms with Crippen molar-refractivity contribution in [2.75, 3.05) is 11.2 Å². The minimum absolute atomic E-state index is 0.127. The second kappa shape index (κ2) is 5.71. The van der Waals surface area contributed by atoms with Gasteiger partial charge >= 0.3 is 12.2 Å². The number of anilines is 1. The van der Waals surface area contributed by atoms with E-state index in [4.69, 9.17) is 0 Å². The van der Waals surface area contributed by atoms with Crippen molar-refractivity contribution in [2.24, 2.45) is 0 Å². The molecule has 1 aromatic carbocycles. The highest BCUT2D eigenvalue weighted by atomic mass is 32.2. The Labute approximate surface area is 102 Å². The number of halogens is 3. The lowest BCUT2D eigenvalue weighted by Gasteiger charge is -2.08. The molecule has 1 aromatic rings. The average Bonchev–Trinajstić information content (AvgIpc) is 2.26. The van der Waals surface area contributed by atoms with Gasteiger partial charge in [-0.15, -0.1) is 0 Å². The Balaban J connectivity index is 2.61. The van der Waals surface area contributed by atoms with Crippen LogP contribution in [0.3, 0.4) is 0 Å². The van der Waals surface area contributed by atoms with Crippen molar-refractivity contribution < 1.29 is 26.4 Å². The monoisotopic (exact) mass is 282 g/mol. The van der Waals surface area contributed by atoms with Gasteiger partial charge in [-0.25, -0.2) is 13.2 Å². The summed E-state index contributed by atoms with van der Waals surface area (Å²) in [6.45, 7) is 0. The maximum absolute atomic E-state index is 12.2.